The van der Waals surface area contributed by atoms with Gasteiger partial charge in [-0.25, -0.2) is 0 Å². The molecule has 0 spiro atoms. The zero-order valence-corrected chi connectivity index (χ0v) is 25.2. The highest BCUT2D eigenvalue weighted by atomic mass is 79.9. The molecule has 9 heteroatoms. The van der Waals surface area contributed by atoms with Crippen LogP contribution in [0.4, 0.5) is 5.69 Å². The molecule has 0 saturated carbocycles. The second kappa shape index (κ2) is 14.0. The first-order valence-corrected chi connectivity index (χ1v) is 14.0. The van der Waals surface area contributed by atoms with Crippen LogP contribution in [-0.4, -0.2) is 13.0 Å². The molecule has 0 saturated heterocycles. The van der Waals surface area contributed by atoms with Crippen LogP contribution in [0.3, 0.4) is 0 Å². The summed E-state index contributed by atoms with van der Waals surface area (Å²) in [6, 6.07) is 27.8. The molecule has 1 amide bonds. The number of anilines is 1. The van der Waals surface area contributed by atoms with E-state index in [4.69, 9.17) is 25.8 Å². The monoisotopic (exact) mass is 680 g/mol. The number of carbonyl (C=O) groups is 1. The van der Waals surface area contributed by atoms with Crippen LogP contribution in [0.5, 0.6) is 17.2 Å². The summed E-state index contributed by atoms with van der Waals surface area (Å²) >= 11 is 13.1. The fourth-order valence-corrected chi connectivity index (χ4v) is 5.33. The summed E-state index contributed by atoms with van der Waals surface area (Å²) in [4.78, 5) is 12.6. The number of rotatable bonds is 10. The van der Waals surface area contributed by atoms with E-state index in [1.54, 1.807) is 43.5 Å². The average molecular weight is 683 g/mol. The average Bonchev–Trinajstić information content (AvgIpc) is 2.95. The first-order valence-electron chi connectivity index (χ1n) is 12.0. The highest BCUT2D eigenvalue weighted by molar-refractivity contribution is 9.11. The van der Waals surface area contributed by atoms with E-state index in [1.807, 2.05) is 54.6 Å². The van der Waals surface area contributed by atoms with E-state index < -0.39 is 5.91 Å². The lowest BCUT2D eigenvalue weighted by molar-refractivity contribution is -0.112. The predicted octanol–water partition coefficient (Wildman–Crippen LogP) is 8.58. The summed E-state index contributed by atoms with van der Waals surface area (Å²) in [5, 5.41) is 12.7. The van der Waals surface area contributed by atoms with Gasteiger partial charge in [0.25, 0.3) is 5.91 Å². The first-order chi connectivity index (χ1) is 19.4. The van der Waals surface area contributed by atoms with Crippen molar-refractivity contribution in [3.63, 3.8) is 0 Å². The van der Waals surface area contributed by atoms with E-state index in [-0.39, 0.29) is 12.2 Å². The smallest absolute Gasteiger partial charge is 0.266 e. The van der Waals surface area contributed by atoms with Gasteiger partial charge in [0.15, 0.2) is 11.5 Å². The number of nitrogens with one attached hydrogen (secondary N) is 1. The van der Waals surface area contributed by atoms with Gasteiger partial charge >= 0.3 is 0 Å². The van der Waals surface area contributed by atoms with Gasteiger partial charge in [-0.3, -0.25) is 4.79 Å². The van der Waals surface area contributed by atoms with Crippen molar-refractivity contribution >= 4 is 61.1 Å². The Morgan fingerprint density at radius 1 is 0.900 bits per heavy atom. The number of methoxy groups -OCH3 is 1. The van der Waals surface area contributed by atoms with Crippen LogP contribution in [0.15, 0.2) is 99.4 Å². The zero-order valence-electron chi connectivity index (χ0n) is 21.3. The van der Waals surface area contributed by atoms with Gasteiger partial charge in [-0.05, 0) is 97.1 Å². The molecular formula is C31H23Br2ClN2O4. The summed E-state index contributed by atoms with van der Waals surface area (Å²) in [5.74, 6) is 1.28. The van der Waals surface area contributed by atoms with Gasteiger partial charge < -0.3 is 19.5 Å². The van der Waals surface area contributed by atoms with E-state index >= 15 is 0 Å². The highest BCUT2D eigenvalue weighted by Crippen LogP contribution is 2.37. The van der Waals surface area contributed by atoms with E-state index in [0.29, 0.717) is 49.1 Å². The Bertz CT molecular complexity index is 1560. The maximum absolute atomic E-state index is 12.6. The molecule has 6 nitrogen and oxygen atoms in total. The molecule has 4 aromatic carbocycles. The van der Waals surface area contributed by atoms with Crippen molar-refractivity contribution in [2.45, 2.75) is 13.2 Å². The molecule has 40 heavy (non-hydrogen) atoms. The molecule has 202 valence electrons. The minimum atomic E-state index is -0.539. The Labute approximate surface area is 254 Å². The quantitative estimate of drug-likeness (QED) is 0.134. The predicted molar refractivity (Wildman–Crippen MR) is 164 cm³/mol. The van der Waals surface area contributed by atoms with Gasteiger partial charge in [-0.2, -0.15) is 5.26 Å². The molecule has 0 atom stereocenters. The van der Waals surface area contributed by atoms with Crippen molar-refractivity contribution in [3.05, 3.63) is 121 Å². The van der Waals surface area contributed by atoms with Crippen molar-refractivity contribution in [2.75, 3.05) is 12.4 Å². The molecule has 0 aliphatic heterocycles. The molecule has 4 rings (SSSR count). The fourth-order valence-electron chi connectivity index (χ4n) is 3.69. The Kier molecular flexibility index (Phi) is 10.3. The molecule has 0 aliphatic carbocycles. The van der Waals surface area contributed by atoms with Crippen molar-refractivity contribution < 1.29 is 19.0 Å². The highest BCUT2D eigenvalue weighted by Gasteiger charge is 2.14. The standard InChI is InChI=1S/C31H23Br2ClN2O4/c1-38-29-15-21(10-11-28(29)39-18-20-6-3-2-4-7-20)19-40-30-26(32)13-22(14-27(30)33)12-23(17-35)31(37)36-25-9-5-8-24(34)16-25/h2-16H,18-19H2,1H3,(H,36,37)/b23-12-. The zero-order chi connectivity index (χ0) is 28.5. The number of hydrogen-bond donors (Lipinski definition) is 1. The lowest BCUT2D eigenvalue weighted by Crippen LogP contribution is -2.13. The number of nitriles is 1. The molecule has 0 unspecified atom stereocenters. The van der Waals surface area contributed by atoms with E-state index in [2.05, 4.69) is 37.2 Å². The van der Waals surface area contributed by atoms with E-state index in [9.17, 15) is 10.1 Å². The van der Waals surface area contributed by atoms with E-state index in [1.165, 1.54) is 6.08 Å². The Hall–Kier alpha value is -3.77. The SMILES string of the molecule is COc1cc(COc2c(Br)cc(/C=C(/C#N)C(=O)Nc3cccc(Cl)c3)cc2Br)ccc1OCc1ccccc1. The number of ether oxygens (including phenoxy) is 3. The van der Waals surface area contributed by atoms with Gasteiger partial charge in [0.2, 0.25) is 0 Å². The topological polar surface area (TPSA) is 80.6 Å². The molecule has 0 aliphatic rings. The van der Waals surface area contributed by atoms with Gasteiger partial charge in [-0.1, -0.05) is 54.1 Å². The van der Waals surface area contributed by atoms with Crippen LogP contribution >= 0.6 is 43.5 Å². The number of benzene rings is 4. The second-order valence-corrected chi connectivity index (χ2v) is 10.6. The van der Waals surface area contributed by atoms with Gasteiger partial charge in [-0.15, -0.1) is 0 Å². The Morgan fingerprint density at radius 2 is 1.62 bits per heavy atom. The molecule has 4 aromatic rings. The fraction of sp³-hybridized carbons (Fsp3) is 0.0968. The van der Waals surface area contributed by atoms with Gasteiger partial charge in [0.05, 0.1) is 16.1 Å². The molecule has 0 fully saturated rings. The number of halogens is 3. The summed E-state index contributed by atoms with van der Waals surface area (Å²) in [7, 11) is 1.60. The summed E-state index contributed by atoms with van der Waals surface area (Å²) in [5.41, 5.74) is 3.02. The lowest BCUT2D eigenvalue weighted by atomic mass is 10.1. The molecule has 0 bridgehead atoms. The second-order valence-electron chi connectivity index (χ2n) is 8.50. The summed E-state index contributed by atoms with van der Waals surface area (Å²) in [6.07, 6.45) is 1.50. The first kappa shape index (κ1) is 29.2. The third-order valence-electron chi connectivity index (χ3n) is 5.63. The van der Waals surface area contributed by atoms with Crippen LogP contribution in [0.2, 0.25) is 5.02 Å². The number of nitrogens with zero attached hydrogens (tertiary/aromatic N) is 1. The van der Waals surface area contributed by atoms with Crippen molar-refractivity contribution in [1.29, 1.82) is 5.26 Å². The molecule has 0 aromatic heterocycles. The molecule has 1 N–H and O–H groups in total. The van der Waals surface area contributed by atoms with Crippen LogP contribution in [-0.2, 0) is 18.0 Å². The van der Waals surface area contributed by atoms with Crippen LogP contribution in [0.25, 0.3) is 6.08 Å². The number of amides is 1. The van der Waals surface area contributed by atoms with Crippen molar-refractivity contribution in [2.24, 2.45) is 0 Å². The van der Waals surface area contributed by atoms with Gasteiger partial charge in [0, 0.05) is 10.7 Å². The maximum Gasteiger partial charge on any atom is 0.266 e. The third-order valence-corrected chi connectivity index (χ3v) is 7.04. The largest absolute Gasteiger partial charge is 0.493 e. The Balaban J connectivity index is 1.43. The minimum Gasteiger partial charge on any atom is -0.493 e. The molecule has 0 heterocycles. The molecule has 0 radical (unpaired) electrons. The minimum absolute atomic E-state index is 0.0610. The third kappa shape index (κ3) is 7.89. The van der Waals surface area contributed by atoms with Gasteiger partial charge in [0.1, 0.15) is 30.6 Å². The Morgan fingerprint density at radius 3 is 2.30 bits per heavy atom. The van der Waals surface area contributed by atoms with E-state index in [0.717, 1.165) is 11.1 Å². The normalized spacial score (nSPS) is 10.9. The van der Waals surface area contributed by atoms with Crippen LogP contribution in [0, 0.1) is 11.3 Å². The maximum atomic E-state index is 12.6. The summed E-state index contributed by atoms with van der Waals surface area (Å²) < 4.78 is 18.8. The van der Waals surface area contributed by atoms with Crippen molar-refractivity contribution in [1.82, 2.24) is 0 Å². The summed E-state index contributed by atoms with van der Waals surface area (Å²) in [6.45, 7) is 0.705. The molecular weight excluding hydrogens is 660 g/mol. The van der Waals surface area contributed by atoms with Crippen LogP contribution < -0.4 is 19.5 Å². The number of carbonyl (C=O) groups excluding carboxylic acids is 1. The van der Waals surface area contributed by atoms with Crippen molar-refractivity contribution in [3.8, 4) is 23.3 Å². The number of hydrogen-bond acceptors (Lipinski definition) is 5. The lowest BCUT2D eigenvalue weighted by Gasteiger charge is -2.14. The van der Waals surface area contributed by atoms with Crippen LogP contribution in [0.1, 0.15) is 16.7 Å².